The molecule has 2 N–H and O–H groups in total. The molecule has 1 aromatic rings. The molecule has 0 aliphatic carbocycles. The van der Waals surface area contributed by atoms with Crippen LogP contribution in [0.2, 0.25) is 0 Å². The molecule has 0 bridgehead atoms. The molecule has 0 saturated heterocycles. The monoisotopic (exact) mass is 290 g/mol. The van der Waals surface area contributed by atoms with E-state index in [4.69, 9.17) is 5.73 Å². The van der Waals surface area contributed by atoms with Gasteiger partial charge in [0.1, 0.15) is 5.54 Å². The van der Waals surface area contributed by atoms with Gasteiger partial charge < -0.3 is 15.5 Å². The molecule has 0 amide bonds. The molecule has 1 aromatic heterocycles. The smallest absolute Gasteiger partial charge is 0.192 e. The maximum atomic E-state index is 6.12. The van der Waals surface area contributed by atoms with E-state index in [9.17, 15) is 0 Å². The van der Waals surface area contributed by atoms with Crippen molar-refractivity contribution >= 4 is 5.96 Å². The summed E-state index contributed by atoms with van der Waals surface area (Å²) in [6.07, 6.45) is 3.46. The van der Waals surface area contributed by atoms with Crippen LogP contribution in [0.4, 0.5) is 0 Å². The quantitative estimate of drug-likeness (QED) is 0.845. The first-order chi connectivity index (χ1) is 10.0. The molecule has 0 fully saturated rings. The number of rotatable bonds is 6. The number of guanidine groups is 1. The molecular weight excluding hydrogens is 264 g/mol. The summed E-state index contributed by atoms with van der Waals surface area (Å²) < 4.78 is 0. The fraction of sp³-hybridized carbons (Fsp3) is 0.667. The van der Waals surface area contributed by atoms with Crippen LogP contribution < -0.4 is 5.73 Å². The minimum atomic E-state index is -0.296. The Labute approximate surface area is 127 Å². The van der Waals surface area contributed by atoms with Gasteiger partial charge in [-0.2, -0.15) is 0 Å². The summed E-state index contributed by atoms with van der Waals surface area (Å²) >= 11 is 0. The number of aromatic nitrogens is 2. The molecule has 6 heteroatoms. The first-order valence-corrected chi connectivity index (χ1v) is 7.61. The number of hydrogen-bond donors (Lipinski definition) is 1. The van der Waals surface area contributed by atoms with Crippen LogP contribution in [-0.4, -0.2) is 58.5 Å². The van der Waals surface area contributed by atoms with Crippen molar-refractivity contribution in [2.24, 2.45) is 10.7 Å². The predicted molar refractivity (Wildman–Crippen MR) is 85.1 cm³/mol. The Balaban J connectivity index is 2.21. The molecule has 0 aromatic carbocycles. The van der Waals surface area contributed by atoms with Crippen molar-refractivity contribution < 1.29 is 0 Å². The van der Waals surface area contributed by atoms with E-state index >= 15 is 0 Å². The molecule has 1 aliphatic heterocycles. The topological polar surface area (TPSA) is 70.6 Å². The molecule has 116 valence electrons. The van der Waals surface area contributed by atoms with Gasteiger partial charge in [0.15, 0.2) is 5.96 Å². The van der Waals surface area contributed by atoms with Crippen LogP contribution in [-0.2, 0) is 5.54 Å². The molecular formula is C15H26N6. The van der Waals surface area contributed by atoms with Crippen molar-refractivity contribution in [3.05, 3.63) is 23.8 Å². The standard InChI is InChI=1S/C15H26N6/c1-5-20(6-2)9-10-21-14(16)19-11-15(21,4)13-12(3)17-7-8-18-13/h7-8H,5-6,9-11H2,1-4H3,(H2,16,19). The molecule has 0 saturated carbocycles. The summed E-state index contributed by atoms with van der Waals surface area (Å²) in [4.78, 5) is 17.9. The number of nitrogens with zero attached hydrogens (tertiary/aromatic N) is 5. The van der Waals surface area contributed by atoms with Gasteiger partial charge in [-0.1, -0.05) is 13.8 Å². The summed E-state index contributed by atoms with van der Waals surface area (Å²) in [6.45, 7) is 13.0. The maximum Gasteiger partial charge on any atom is 0.192 e. The van der Waals surface area contributed by atoms with Gasteiger partial charge in [0.25, 0.3) is 0 Å². The van der Waals surface area contributed by atoms with E-state index in [0.717, 1.165) is 37.6 Å². The molecule has 2 rings (SSSR count). The van der Waals surface area contributed by atoms with Crippen molar-refractivity contribution in [3.63, 3.8) is 0 Å². The van der Waals surface area contributed by atoms with Crippen LogP contribution >= 0.6 is 0 Å². The summed E-state index contributed by atoms with van der Waals surface area (Å²) in [7, 11) is 0. The summed E-state index contributed by atoms with van der Waals surface area (Å²) in [6, 6.07) is 0. The molecule has 0 spiro atoms. The zero-order valence-corrected chi connectivity index (χ0v) is 13.5. The largest absolute Gasteiger partial charge is 0.370 e. The number of aryl methyl sites for hydroxylation is 1. The number of nitrogens with two attached hydrogens (primary N) is 1. The van der Waals surface area contributed by atoms with E-state index in [-0.39, 0.29) is 5.54 Å². The number of likely N-dealkylation sites (N-methyl/N-ethyl adjacent to an activating group) is 1. The van der Waals surface area contributed by atoms with E-state index in [1.165, 1.54) is 0 Å². The van der Waals surface area contributed by atoms with Gasteiger partial charge >= 0.3 is 0 Å². The van der Waals surface area contributed by atoms with Gasteiger partial charge in [0.2, 0.25) is 0 Å². The minimum absolute atomic E-state index is 0.296. The second-order valence-corrected chi connectivity index (χ2v) is 5.62. The highest BCUT2D eigenvalue weighted by Gasteiger charge is 2.41. The summed E-state index contributed by atoms with van der Waals surface area (Å²) in [5, 5.41) is 0. The SMILES string of the molecule is CCN(CC)CCN1C(N)=NCC1(C)c1nccnc1C. The lowest BCUT2D eigenvalue weighted by Crippen LogP contribution is -2.51. The molecule has 21 heavy (non-hydrogen) atoms. The normalized spacial score (nSPS) is 22.0. The minimum Gasteiger partial charge on any atom is -0.370 e. The average molecular weight is 290 g/mol. The van der Waals surface area contributed by atoms with Crippen molar-refractivity contribution in [3.8, 4) is 0 Å². The third-order valence-electron chi connectivity index (χ3n) is 4.35. The van der Waals surface area contributed by atoms with Crippen LogP contribution in [0.5, 0.6) is 0 Å². The van der Waals surface area contributed by atoms with Crippen molar-refractivity contribution in [1.82, 2.24) is 19.8 Å². The van der Waals surface area contributed by atoms with Gasteiger partial charge in [-0.15, -0.1) is 0 Å². The Morgan fingerprint density at radius 2 is 1.95 bits per heavy atom. The van der Waals surface area contributed by atoms with E-state index < -0.39 is 0 Å². The molecule has 6 nitrogen and oxygen atoms in total. The second kappa shape index (κ2) is 6.39. The van der Waals surface area contributed by atoms with Crippen LogP contribution in [0, 0.1) is 6.92 Å². The first kappa shape index (κ1) is 15.7. The molecule has 1 unspecified atom stereocenters. The summed E-state index contributed by atoms with van der Waals surface area (Å²) in [5.41, 5.74) is 7.73. The lowest BCUT2D eigenvalue weighted by molar-refractivity contribution is 0.183. The van der Waals surface area contributed by atoms with Crippen molar-refractivity contribution in [2.75, 3.05) is 32.7 Å². The Kier molecular flexibility index (Phi) is 4.77. The van der Waals surface area contributed by atoms with E-state index in [2.05, 4.69) is 45.5 Å². The lowest BCUT2D eigenvalue weighted by atomic mass is 9.94. The third kappa shape index (κ3) is 3.00. The van der Waals surface area contributed by atoms with Gasteiger partial charge in [0, 0.05) is 25.5 Å². The zero-order chi connectivity index (χ0) is 15.5. The fourth-order valence-corrected chi connectivity index (χ4v) is 2.94. The number of hydrogen-bond acceptors (Lipinski definition) is 6. The Morgan fingerprint density at radius 1 is 1.29 bits per heavy atom. The molecule has 2 heterocycles. The van der Waals surface area contributed by atoms with E-state index in [0.29, 0.717) is 12.5 Å². The molecule has 1 aliphatic rings. The van der Waals surface area contributed by atoms with Crippen LogP contribution in [0.1, 0.15) is 32.2 Å². The predicted octanol–water partition coefficient (Wildman–Crippen LogP) is 0.972. The summed E-state index contributed by atoms with van der Waals surface area (Å²) in [5.74, 6) is 0.606. The highest BCUT2D eigenvalue weighted by molar-refractivity contribution is 5.81. The van der Waals surface area contributed by atoms with Crippen LogP contribution in [0.15, 0.2) is 17.4 Å². The molecule has 0 radical (unpaired) electrons. The van der Waals surface area contributed by atoms with Crippen molar-refractivity contribution in [1.29, 1.82) is 0 Å². The second-order valence-electron chi connectivity index (χ2n) is 5.62. The van der Waals surface area contributed by atoms with Gasteiger partial charge in [-0.3, -0.25) is 15.0 Å². The van der Waals surface area contributed by atoms with E-state index in [1.807, 2.05) is 6.92 Å². The number of aliphatic imine (C=N–C) groups is 1. The highest BCUT2D eigenvalue weighted by Crippen LogP contribution is 2.32. The van der Waals surface area contributed by atoms with Crippen LogP contribution in [0.3, 0.4) is 0 Å². The van der Waals surface area contributed by atoms with Gasteiger partial charge in [-0.25, -0.2) is 0 Å². The average Bonchev–Trinajstić information content (AvgIpc) is 2.77. The third-order valence-corrected chi connectivity index (χ3v) is 4.35. The maximum absolute atomic E-state index is 6.12. The van der Waals surface area contributed by atoms with Crippen molar-refractivity contribution in [2.45, 2.75) is 33.2 Å². The van der Waals surface area contributed by atoms with E-state index in [1.54, 1.807) is 12.4 Å². The highest BCUT2D eigenvalue weighted by atomic mass is 15.4. The Hall–Kier alpha value is -1.69. The van der Waals surface area contributed by atoms with Gasteiger partial charge in [0.05, 0.1) is 17.9 Å². The molecule has 1 atom stereocenters. The Bertz CT molecular complexity index is 511. The van der Waals surface area contributed by atoms with Gasteiger partial charge in [-0.05, 0) is 26.9 Å². The fourth-order valence-electron chi connectivity index (χ4n) is 2.94. The lowest BCUT2D eigenvalue weighted by Gasteiger charge is -2.37. The van der Waals surface area contributed by atoms with Crippen LogP contribution in [0.25, 0.3) is 0 Å². The Morgan fingerprint density at radius 3 is 2.57 bits per heavy atom. The first-order valence-electron chi connectivity index (χ1n) is 7.61. The zero-order valence-electron chi connectivity index (χ0n) is 13.5.